The minimum absolute atomic E-state index is 0.286. The van der Waals surface area contributed by atoms with Crippen molar-refractivity contribution in [3.8, 4) is 5.75 Å². The van der Waals surface area contributed by atoms with E-state index < -0.39 is 23.3 Å². The van der Waals surface area contributed by atoms with Crippen molar-refractivity contribution in [2.24, 2.45) is 5.92 Å². The summed E-state index contributed by atoms with van der Waals surface area (Å²) in [7, 11) is 1.53. The van der Waals surface area contributed by atoms with Gasteiger partial charge in [0.05, 0.1) is 7.11 Å². The van der Waals surface area contributed by atoms with Crippen LogP contribution >= 0.6 is 0 Å². The number of hydrogen-bond donors (Lipinski definition) is 0. The number of hydrogen-bond acceptors (Lipinski definition) is 4. The molecule has 0 atom stereocenters. The molecule has 0 N–H and O–H groups in total. The summed E-state index contributed by atoms with van der Waals surface area (Å²) in [4.78, 5) is 39.2. The van der Waals surface area contributed by atoms with Gasteiger partial charge < -0.3 is 4.74 Å². The highest BCUT2D eigenvalue weighted by molar-refractivity contribution is 6.31. The van der Waals surface area contributed by atoms with Crippen LogP contribution in [0.25, 0.3) is 0 Å². The lowest BCUT2D eigenvalue weighted by molar-refractivity contribution is 0.0733. The molecule has 0 aromatic heterocycles. The summed E-state index contributed by atoms with van der Waals surface area (Å²) < 4.78 is 5.10. The van der Waals surface area contributed by atoms with Gasteiger partial charge in [-0.3, -0.25) is 14.4 Å². The van der Waals surface area contributed by atoms with Crippen molar-refractivity contribution >= 4 is 17.3 Å². The highest BCUT2D eigenvalue weighted by atomic mass is 16.5. The number of methoxy groups -OCH3 is 1. The maximum Gasteiger partial charge on any atom is 0.181 e. The molecule has 3 aromatic carbocycles. The number of carbonyl (C=O) groups is 3. The summed E-state index contributed by atoms with van der Waals surface area (Å²) >= 11 is 0. The van der Waals surface area contributed by atoms with E-state index >= 15 is 0 Å². The average Bonchev–Trinajstić information content (AvgIpc) is 2.75. The average molecular weight is 358 g/mol. The third kappa shape index (κ3) is 4.01. The SMILES string of the molecule is COc1ccc(C(=O)C(C(=O)c2ccccc2)C(=O)c2ccccc2)cc1. The molecule has 3 rings (SSSR count). The van der Waals surface area contributed by atoms with Gasteiger partial charge in [0, 0.05) is 16.7 Å². The molecular formula is C23H18O4. The van der Waals surface area contributed by atoms with Crippen molar-refractivity contribution in [2.45, 2.75) is 0 Å². The highest BCUT2D eigenvalue weighted by Crippen LogP contribution is 2.21. The van der Waals surface area contributed by atoms with E-state index in [9.17, 15) is 14.4 Å². The second kappa shape index (κ2) is 8.23. The van der Waals surface area contributed by atoms with Crippen molar-refractivity contribution in [1.82, 2.24) is 0 Å². The number of rotatable bonds is 7. The van der Waals surface area contributed by atoms with Gasteiger partial charge in [-0.25, -0.2) is 0 Å². The molecule has 0 aliphatic rings. The first-order chi connectivity index (χ1) is 13.1. The molecule has 0 saturated heterocycles. The molecule has 0 radical (unpaired) electrons. The van der Waals surface area contributed by atoms with E-state index in [1.165, 1.54) is 7.11 Å². The third-order valence-corrected chi connectivity index (χ3v) is 4.28. The first-order valence-electron chi connectivity index (χ1n) is 8.48. The van der Waals surface area contributed by atoms with Gasteiger partial charge in [0.15, 0.2) is 17.3 Å². The van der Waals surface area contributed by atoms with Crippen molar-refractivity contribution in [1.29, 1.82) is 0 Å². The Morgan fingerprint density at radius 2 is 0.963 bits per heavy atom. The van der Waals surface area contributed by atoms with Crippen LogP contribution in [0.5, 0.6) is 5.75 Å². The Hall–Kier alpha value is -3.53. The molecule has 0 bridgehead atoms. The number of carbonyl (C=O) groups excluding carboxylic acids is 3. The fourth-order valence-electron chi connectivity index (χ4n) is 2.82. The maximum atomic E-state index is 13.1. The molecular weight excluding hydrogens is 340 g/mol. The molecule has 3 aromatic rings. The van der Waals surface area contributed by atoms with Crippen LogP contribution in [-0.4, -0.2) is 24.5 Å². The molecule has 0 amide bonds. The molecule has 4 heteroatoms. The van der Waals surface area contributed by atoms with Crippen LogP contribution in [0.3, 0.4) is 0 Å². The predicted molar refractivity (Wildman–Crippen MR) is 102 cm³/mol. The van der Waals surface area contributed by atoms with Gasteiger partial charge in [0.25, 0.3) is 0 Å². The minimum atomic E-state index is -1.43. The predicted octanol–water partition coefficient (Wildman–Crippen LogP) is 4.26. The standard InChI is InChI=1S/C23H18O4/c1-27-19-14-12-18(13-15-19)23(26)20(21(24)16-8-4-2-5-9-16)22(25)17-10-6-3-7-11-17/h2-15,20H,1H3. The highest BCUT2D eigenvalue weighted by Gasteiger charge is 2.35. The topological polar surface area (TPSA) is 60.4 Å². The third-order valence-electron chi connectivity index (χ3n) is 4.28. The van der Waals surface area contributed by atoms with E-state index in [1.807, 2.05) is 0 Å². The number of Topliss-reactive ketones (excluding diaryl/α,β-unsaturated/α-hetero) is 3. The Labute approximate surface area is 157 Å². The molecule has 0 heterocycles. The fourth-order valence-corrected chi connectivity index (χ4v) is 2.82. The zero-order valence-corrected chi connectivity index (χ0v) is 14.8. The molecule has 0 aliphatic heterocycles. The van der Waals surface area contributed by atoms with Gasteiger partial charge in [-0.15, -0.1) is 0 Å². The van der Waals surface area contributed by atoms with E-state index in [0.29, 0.717) is 16.9 Å². The van der Waals surface area contributed by atoms with Crippen molar-refractivity contribution in [3.63, 3.8) is 0 Å². The Kier molecular flexibility index (Phi) is 5.57. The lowest BCUT2D eigenvalue weighted by atomic mass is 9.84. The van der Waals surface area contributed by atoms with Crippen LogP contribution in [0.1, 0.15) is 31.1 Å². The molecule has 27 heavy (non-hydrogen) atoms. The van der Waals surface area contributed by atoms with Crippen LogP contribution in [0.15, 0.2) is 84.9 Å². The summed E-state index contributed by atoms with van der Waals surface area (Å²) in [6.07, 6.45) is 0. The van der Waals surface area contributed by atoms with Crippen LogP contribution in [0, 0.1) is 5.92 Å². The van der Waals surface area contributed by atoms with Gasteiger partial charge in [-0.05, 0) is 24.3 Å². The Bertz CT molecular complexity index is 893. The van der Waals surface area contributed by atoms with Gasteiger partial charge in [-0.2, -0.15) is 0 Å². The van der Waals surface area contributed by atoms with Crippen molar-refractivity contribution in [2.75, 3.05) is 7.11 Å². The first-order valence-corrected chi connectivity index (χ1v) is 8.48. The van der Waals surface area contributed by atoms with Gasteiger partial charge in [0.1, 0.15) is 11.7 Å². The zero-order valence-electron chi connectivity index (χ0n) is 14.8. The molecule has 0 saturated carbocycles. The fraction of sp³-hybridized carbons (Fsp3) is 0.0870. The summed E-state index contributed by atoms with van der Waals surface area (Å²) in [5, 5.41) is 0. The minimum Gasteiger partial charge on any atom is -0.497 e. The zero-order chi connectivity index (χ0) is 19.2. The van der Waals surface area contributed by atoms with E-state index in [-0.39, 0.29) is 5.56 Å². The first kappa shape index (κ1) is 18.3. The van der Waals surface area contributed by atoms with E-state index in [2.05, 4.69) is 0 Å². The van der Waals surface area contributed by atoms with Crippen LogP contribution < -0.4 is 4.74 Å². The lowest BCUT2D eigenvalue weighted by Gasteiger charge is -2.15. The largest absolute Gasteiger partial charge is 0.497 e. The molecule has 0 spiro atoms. The number of ether oxygens (including phenoxy) is 1. The Morgan fingerprint density at radius 1 is 0.593 bits per heavy atom. The van der Waals surface area contributed by atoms with Gasteiger partial charge in [-0.1, -0.05) is 60.7 Å². The quantitative estimate of drug-likeness (QED) is 0.468. The van der Waals surface area contributed by atoms with Gasteiger partial charge >= 0.3 is 0 Å². The summed E-state index contributed by atoms with van der Waals surface area (Å²) in [5.41, 5.74) is 0.941. The summed E-state index contributed by atoms with van der Waals surface area (Å²) in [6.45, 7) is 0. The number of ketones is 3. The maximum absolute atomic E-state index is 13.1. The van der Waals surface area contributed by atoms with E-state index in [0.717, 1.165) is 0 Å². The molecule has 134 valence electrons. The molecule has 4 nitrogen and oxygen atoms in total. The van der Waals surface area contributed by atoms with Gasteiger partial charge in [0.2, 0.25) is 0 Å². The Morgan fingerprint density at radius 3 is 1.33 bits per heavy atom. The van der Waals surface area contributed by atoms with Crippen LogP contribution in [0.4, 0.5) is 0 Å². The monoisotopic (exact) mass is 358 g/mol. The molecule has 0 unspecified atom stereocenters. The van der Waals surface area contributed by atoms with Crippen molar-refractivity contribution in [3.05, 3.63) is 102 Å². The number of benzene rings is 3. The lowest BCUT2D eigenvalue weighted by Crippen LogP contribution is -2.32. The van der Waals surface area contributed by atoms with Crippen molar-refractivity contribution < 1.29 is 19.1 Å². The normalized spacial score (nSPS) is 10.4. The smallest absolute Gasteiger partial charge is 0.181 e. The second-order valence-corrected chi connectivity index (χ2v) is 5.99. The molecule has 0 fully saturated rings. The second-order valence-electron chi connectivity index (χ2n) is 5.99. The van der Waals surface area contributed by atoms with Crippen LogP contribution in [0.2, 0.25) is 0 Å². The van der Waals surface area contributed by atoms with Crippen LogP contribution in [-0.2, 0) is 0 Å². The molecule has 0 aliphatic carbocycles. The van der Waals surface area contributed by atoms with E-state index in [1.54, 1.807) is 84.9 Å². The van der Waals surface area contributed by atoms with E-state index in [4.69, 9.17) is 4.74 Å². The Balaban J connectivity index is 2.02. The summed E-state index contributed by atoms with van der Waals surface area (Å²) in [6, 6.07) is 23.2. The summed E-state index contributed by atoms with van der Waals surface area (Å²) in [5.74, 6) is -2.38.